The van der Waals surface area contributed by atoms with E-state index >= 15 is 0 Å². The average molecular weight is 387 g/mol. The molecule has 3 saturated carbocycles. The van der Waals surface area contributed by atoms with Gasteiger partial charge in [-0.1, -0.05) is 26.8 Å². The third-order valence-corrected chi connectivity index (χ3v) is 9.33. The number of allylic oxidation sites excluding steroid dienone is 2. The van der Waals surface area contributed by atoms with Gasteiger partial charge in [-0.3, -0.25) is 9.59 Å². The van der Waals surface area contributed by atoms with E-state index in [-0.39, 0.29) is 23.3 Å². The maximum atomic E-state index is 12.2. The highest BCUT2D eigenvalue weighted by Gasteiger charge is 2.59. The van der Waals surface area contributed by atoms with Gasteiger partial charge >= 0.3 is 5.97 Å². The minimum absolute atomic E-state index is 0.00739. The molecular formula is C25H38O3. The quantitative estimate of drug-likeness (QED) is 0.568. The van der Waals surface area contributed by atoms with Crippen LogP contribution in [0.4, 0.5) is 0 Å². The van der Waals surface area contributed by atoms with E-state index in [2.05, 4.69) is 19.9 Å². The van der Waals surface area contributed by atoms with Crippen molar-refractivity contribution >= 4 is 11.8 Å². The highest BCUT2D eigenvalue weighted by molar-refractivity contribution is 5.95. The molecule has 0 unspecified atom stereocenters. The summed E-state index contributed by atoms with van der Waals surface area (Å²) in [6.45, 7) is 8.69. The second-order valence-corrected chi connectivity index (χ2v) is 10.7. The van der Waals surface area contributed by atoms with Gasteiger partial charge in [0.15, 0.2) is 5.78 Å². The van der Waals surface area contributed by atoms with Crippen molar-refractivity contribution in [2.45, 2.75) is 98.0 Å². The maximum absolute atomic E-state index is 12.2. The van der Waals surface area contributed by atoms with E-state index in [4.69, 9.17) is 4.74 Å². The Labute approximate surface area is 170 Å². The van der Waals surface area contributed by atoms with E-state index in [0.717, 1.165) is 43.1 Å². The van der Waals surface area contributed by atoms with Gasteiger partial charge in [-0.25, -0.2) is 0 Å². The Hall–Kier alpha value is -1.12. The number of carbonyl (C=O) groups is 2. The van der Waals surface area contributed by atoms with Crippen LogP contribution in [0.15, 0.2) is 11.6 Å². The SMILES string of the molecule is CCCC(=O)O[C@H]1CC[C@@]2(C)[C@@H](CC[C@@H]3[C@H]2CC[C@]2(C)C(C(C)=O)=CC[C@@H]32)C1. The molecule has 0 radical (unpaired) electrons. The average Bonchev–Trinajstić information content (AvgIpc) is 2.99. The standard InChI is InChI=1S/C25H38O3/c1-5-6-23(27)28-18-11-13-24(3)17(15-18)7-8-19-21-10-9-20(16(2)26)25(21,4)14-12-22(19)24/h9,17-19,21-22H,5-8,10-15H2,1-4H3/t17-,18-,19-,21-,22+,24-,25+/m0/s1. The lowest BCUT2D eigenvalue weighted by Crippen LogP contribution is -2.54. The largest absolute Gasteiger partial charge is 0.462 e. The predicted molar refractivity (Wildman–Crippen MR) is 111 cm³/mol. The molecule has 4 aliphatic carbocycles. The topological polar surface area (TPSA) is 43.4 Å². The molecule has 3 heteroatoms. The molecule has 156 valence electrons. The summed E-state index contributed by atoms with van der Waals surface area (Å²) in [7, 11) is 0. The van der Waals surface area contributed by atoms with Gasteiger partial charge in [0.1, 0.15) is 6.10 Å². The number of hydrogen-bond donors (Lipinski definition) is 0. The second-order valence-electron chi connectivity index (χ2n) is 10.7. The number of Topliss-reactive ketones (excluding diaryl/α,β-unsaturated/α-hetero) is 1. The molecule has 0 bridgehead atoms. The summed E-state index contributed by atoms with van der Waals surface area (Å²) >= 11 is 0. The van der Waals surface area contributed by atoms with Gasteiger partial charge in [-0.15, -0.1) is 0 Å². The minimum atomic E-state index is -0.00739. The normalized spacial score (nSPS) is 44.7. The van der Waals surface area contributed by atoms with Gasteiger partial charge in [-0.05, 0) is 105 Å². The van der Waals surface area contributed by atoms with Gasteiger partial charge in [0.25, 0.3) is 0 Å². The summed E-state index contributed by atoms with van der Waals surface area (Å²) in [4.78, 5) is 24.2. The number of ketones is 1. The summed E-state index contributed by atoms with van der Waals surface area (Å²) in [6.07, 6.45) is 13.2. The molecule has 4 rings (SSSR count). The number of fused-ring (bicyclic) bond motifs is 5. The van der Waals surface area contributed by atoms with Crippen LogP contribution >= 0.6 is 0 Å². The van der Waals surface area contributed by atoms with Crippen molar-refractivity contribution in [3.05, 3.63) is 11.6 Å². The van der Waals surface area contributed by atoms with Crippen LogP contribution in [0.5, 0.6) is 0 Å². The lowest BCUT2D eigenvalue weighted by molar-refractivity contribution is -0.161. The fourth-order valence-electron chi connectivity index (χ4n) is 7.89. The molecular weight excluding hydrogens is 348 g/mol. The van der Waals surface area contributed by atoms with Crippen molar-refractivity contribution in [3.8, 4) is 0 Å². The number of esters is 1. The Balaban J connectivity index is 1.48. The molecule has 0 spiro atoms. The number of carbonyl (C=O) groups excluding carboxylic acids is 2. The number of ether oxygens (including phenoxy) is 1. The van der Waals surface area contributed by atoms with Crippen LogP contribution in [0, 0.1) is 34.5 Å². The third kappa shape index (κ3) is 3.08. The van der Waals surface area contributed by atoms with Crippen molar-refractivity contribution in [2.24, 2.45) is 34.5 Å². The Morgan fingerprint density at radius 2 is 1.89 bits per heavy atom. The van der Waals surface area contributed by atoms with E-state index in [1.807, 2.05) is 6.92 Å². The Kier molecular flexibility index (Phi) is 5.25. The monoisotopic (exact) mass is 386 g/mol. The fraction of sp³-hybridized carbons (Fsp3) is 0.840. The van der Waals surface area contributed by atoms with Crippen LogP contribution < -0.4 is 0 Å². The highest BCUT2D eigenvalue weighted by atomic mass is 16.5. The van der Waals surface area contributed by atoms with Crippen LogP contribution in [0.25, 0.3) is 0 Å². The Bertz CT molecular complexity index is 679. The van der Waals surface area contributed by atoms with Crippen molar-refractivity contribution in [1.29, 1.82) is 0 Å². The van der Waals surface area contributed by atoms with Gasteiger partial charge in [0.2, 0.25) is 0 Å². The molecule has 0 saturated heterocycles. The fourth-order valence-corrected chi connectivity index (χ4v) is 7.89. The number of rotatable bonds is 4. The van der Waals surface area contributed by atoms with E-state index in [9.17, 15) is 9.59 Å². The van der Waals surface area contributed by atoms with Crippen LogP contribution in [0.1, 0.15) is 91.9 Å². The minimum Gasteiger partial charge on any atom is -0.462 e. The highest BCUT2D eigenvalue weighted by Crippen LogP contribution is 2.66. The van der Waals surface area contributed by atoms with Crippen molar-refractivity contribution < 1.29 is 14.3 Å². The molecule has 0 amide bonds. The van der Waals surface area contributed by atoms with Crippen LogP contribution in [-0.2, 0) is 14.3 Å². The van der Waals surface area contributed by atoms with Gasteiger partial charge < -0.3 is 4.74 Å². The molecule has 7 atom stereocenters. The molecule has 0 aromatic carbocycles. The summed E-state index contributed by atoms with van der Waals surface area (Å²) < 4.78 is 5.80. The number of hydrogen-bond acceptors (Lipinski definition) is 3. The first-order chi connectivity index (χ1) is 13.3. The lowest BCUT2D eigenvalue weighted by atomic mass is 9.44. The maximum Gasteiger partial charge on any atom is 0.306 e. The van der Waals surface area contributed by atoms with Gasteiger partial charge in [-0.2, -0.15) is 0 Å². The molecule has 0 aromatic heterocycles. The molecule has 0 aliphatic heterocycles. The molecule has 0 N–H and O–H groups in total. The van der Waals surface area contributed by atoms with E-state index in [0.29, 0.717) is 23.7 Å². The third-order valence-electron chi connectivity index (χ3n) is 9.33. The van der Waals surface area contributed by atoms with Crippen molar-refractivity contribution in [1.82, 2.24) is 0 Å². The second kappa shape index (κ2) is 7.29. The first-order valence-electron chi connectivity index (χ1n) is 11.7. The summed E-state index contributed by atoms with van der Waals surface area (Å²) in [6, 6.07) is 0. The molecule has 4 aliphatic rings. The zero-order chi connectivity index (χ0) is 20.1. The summed E-state index contributed by atoms with van der Waals surface area (Å²) in [5.41, 5.74) is 1.62. The molecule has 0 aromatic rings. The zero-order valence-electron chi connectivity index (χ0n) is 18.3. The van der Waals surface area contributed by atoms with Crippen LogP contribution in [0.3, 0.4) is 0 Å². The Morgan fingerprint density at radius 1 is 1.11 bits per heavy atom. The van der Waals surface area contributed by atoms with E-state index < -0.39 is 0 Å². The van der Waals surface area contributed by atoms with Crippen LogP contribution in [-0.4, -0.2) is 17.9 Å². The first-order valence-corrected chi connectivity index (χ1v) is 11.7. The molecule has 3 nitrogen and oxygen atoms in total. The molecule has 0 heterocycles. The van der Waals surface area contributed by atoms with Gasteiger partial charge in [0.05, 0.1) is 0 Å². The van der Waals surface area contributed by atoms with Crippen LogP contribution in [0.2, 0.25) is 0 Å². The zero-order valence-corrected chi connectivity index (χ0v) is 18.3. The smallest absolute Gasteiger partial charge is 0.306 e. The van der Waals surface area contributed by atoms with Gasteiger partial charge in [0, 0.05) is 6.42 Å². The first kappa shape index (κ1) is 20.2. The molecule has 28 heavy (non-hydrogen) atoms. The van der Waals surface area contributed by atoms with Crippen molar-refractivity contribution in [2.75, 3.05) is 0 Å². The van der Waals surface area contributed by atoms with Crippen molar-refractivity contribution in [3.63, 3.8) is 0 Å². The van der Waals surface area contributed by atoms with E-state index in [1.165, 1.54) is 32.1 Å². The lowest BCUT2D eigenvalue weighted by Gasteiger charge is -2.60. The predicted octanol–water partition coefficient (Wildman–Crippen LogP) is 5.87. The van der Waals surface area contributed by atoms with E-state index in [1.54, 1.807) is 6.92 Å². The Morgan fingerprint density at radius 3 is 2.61 bits per heavy atom. The molecule has 3 fully saturated rings. The summed E-state index contributed by atoms with van der Waals surface area (Å²) in [5, 5.41) is 0. The summed E-state index contributed by atoms with van der Waals surface area (Å²) in [5.74, 6) is 3.16.